The van der Waals surface area contributed by atoms with E-state index < -0.39 is 6.04 Å². The zero-order valence-electron chi connectivity index (χ0n) is 14.2. The Labute approximate surface area is 153 Å². The molecule has 2 aromatic carbocycles. The van der Waals surface area contributed by atoms with E-state index in [1.54, 1.807) is 0 Å². The van der Waals surface area contributed by atoms with Crippen molar-refractivity contribution in [2.24, 2.45) is 5.73 Å². The normalized spacial score (nSPS) is 14.0. The summed E-state index contributed by atoms with van der Waals surface area (Å²) < 4.78 is 11.3. The second-order valence-corrected chi connectivity index (χ2v) is 5.94. The molecule has 1 unspecified atom stereocenters. The molecule has 1 amide bonds. The molecular weight excluding hydrogens is 340 g/mol. The fourth-order valence-corrected chi connectivity index (χ4v) is 2.54. The van der Waals surface area contributed by atoms with Gasteiger partial charge in [-0.2, -0.15) is 0 Å². The number of nitrogens with two attached hydrogens (primary N) is 1. The van der Waals surface area contributed by atoms with Gasteiger partial charge in [0.15, 0.2) is 11.5 Å². The van der Waals surface area contributed by atoms with Crippen molar-refractivity contribution in [3.05, 3.63) is 59.2 Å². The number of hydrogen-bond acceptors (Lipinski definition) is 4. The first-order valence-corrected chi connectivity index (χ1v) is 8.12. The maximum absolute atomic E-state index is 12.3. The summed E-state index contributed by atoms with van der Waals surface area (Å²) in [5.41, 5.74) is 8.92. The smallest absolute Gasteiger partial charge is 0.241 e. The van der Waals surface area contributed by atoms with Crippen LogP contribution >= 0.6 is 12.4 Å². The molecule has 0 fully saturated rings. The van der Waals surface area contributed by atoms with Crippen molar-refractivity contribution in [2.45, 2.75) is 25.9 Å². The molecule has 3 N–H and O–H groups in total. The van der Waals surface area contributed by atoms with E-state index in [9.17, 15) is 4.79 Å². The van der Waals surface area contributed by atoms with E-state index in [1.165, 1.54) is 0 Å². The average molecular weight is 363 g/mol. The first kappa shape index (κ1) is 19.1. The lowest BCUT2D eigenvalue weighted by atomic mass is 10.1. The van der Waals surface area contributed by atoms with Gasteiger partial charge < -0.3 is 20.5 Å². The highest BCUT2D eigenvalue weighted by Gasteiger charge is 2.16. The number of ether oxygens (including phenoxy) is 2. The molecule has 0 bridgehead atoms. The Morgan fingerprint density at radius 2 is 1.80 bits per heavy atom. The maximum atomic E-state index is 12.3. The summed E-state index contributed by atoms with van der Waals surface area (Å²) in [6, 6.07) is 12.7. The van der Waals surface area contributed by atoms with Crippen molar-refractivity contribution in [1.82, 2.24) is 5.32 Å². The molecule has 0 radical (unpaired) electrons. The summed E-state index contributed by atoms with van der Waals surface area (Å²) in [6.07, 6.45) is 0.867. The van der Waals surface area contributed by atoms with E-state index in [2.05, 4.69) is 5.32 Å². The lowest BCUT2D eigenvalue weighted by Crippen LogP contribution is -2.33. The molecule has 25 heavy (non-hydrogen) atoms. The summed E-state index contributed by atoms with van der Waals surface area (Å²) in [5, 5.41) is 2.87. The minimum absolute atomic E-state index is 0. The number of fused-ring (bicyclic) bond motifs is 1. The fourth-order valence-electron chi connectivity index (χ4n) is 2.54. The Morgan fingerprint density at radius 3 is 2.52 bits per heavy atom. The Kier molecular flexibility index (Phi) is 6.67. The molecule has 1 aliphatic rings. The zero-order chi connectivity index (χ0) is 16.9. The molecule has 0 saturated carbocycles. The molecule has 2 aromatic rings. The number of benzene rings is 2. The molecule has 0 aromatic heterocycles. The van der Waals surface area contributed by atoms with E-state index >= 15 is 0 Å². The minimum Gasteiger partial charge on any atom is -0.490 e. The van der Waals surface area contributed by atoms with Crippen molar-refractivity contribution in [2.75, 3.05) is 13.2 Å². The van der Waals surface area contributed by atoms with Gasteiger partial charge in [-0.3, -0.25) is 4.79 Å². The second-order valence-electron chi connectivity index (χ2n) is 5.94. The zero-order valence-corrected chi connectivity index (χ0v) is 15.0. The highest BCUT2D eigenvalue weighted by atomic mass is 35.5. The van der Waals surface area contributed by atoms with Gasteiger partial charge in [-0.25, -0.2) is 0 Å². The van der Waals surface area contributed by atoms with Crippen molar-refractivity contribution in [3.8, 4) is 11.5 Å². The predicted octanol–water partition coefficient (Wildman–Crippen LogP) is 2.89. The third kappa shape index (κ3) is 4.87. The Morgan fingerprint density at radius 1 is 1.12 bits per heavy atom. The summed E-state index contributed by atoms with van der Waals surface area (Å²) in [4.78, 5) is 12.3. The molecule has 6 heteroatoms. The SMILES string of the molecule is Cc1ccc(C(N)C(=O)NCc2ccc3c(c2)OCCCO3)cc1.Cl. The number of amides is 1. The molecule has 0 saturated heterocycles. The molecule has 1 atom stereocenters. The first-order valence-electron chi connectivity index (χ1n) is 8.12. The molecule has 3 rings (SSSR count). The molecule has 1 heterocycles. The van der Waals surface area contributed by atoms with Crippen LogP contribution in [0, 0.1) is 6.92 Å². The van der Waals surface area contributed by atoms with Crippen LogP contribution in [0.15, 0.2) is 42.5 Å². The average Bonchev–Trinajstić information content (AvgIpc) is 2.84. The van der Waals surface area contributed by atoms with Gasteiger partial charge in [0.25, 0.3) is 0 Å². The van der Waals surface area contributed by atoms with Gasteiger partial charge in [-0.05, 0) is 30.2 Å². The Bertz CT molecular complexity index is 719. The van der Waals surface area contributed by atoms with E-state index in [-0.39, 0.29) is 18.3 Å². The number of hydrogen-bond donors (Lipinski definition) is 2. The van der Waals surface area contributed by atoms with Crippen LogP contribution in [0.4, 0.5) is 0 Å². The predicted molar refractivity (Wildman–Crippen MR) is 99.3 cm³/mol. The fraction of sp³-hybridized carbons (Fsp3) is 0.316. The van der Waals surface area contributed by atoms with Gasteiger partial charge >= 0.3 is 0 Å². The van der Waals surface area contributed by atoms with Crippen LogP contribution in [0.3, 0.4) is 0 Å². The molecule has 1 aliphatic heterocycles. The molecular formula is C19H23ClN2O3. The number of halogens is 1. The standard InChI is InChI=1S/C19H22N2O3.ClH/c1-13-3-6-15(7-4-13)18(20)19(22)21-12-14-5-8-16-17(11-14)24-10-2-9-23-16;/h3-8,11,18H,2,9-10,12,20H2,1H3,(H,21,22);1H. The molecule has 5 nitrogen and oxygen atoms in total. The summed E-state index contributed by atoms with van der Waals surface area (Å²) >= 11 is 0. The maximum Gasteiger partial charge on any atom is 0.241 e. The summed E-state index contributed by atoms with van der Waals surface area (Å²) in [7, 11) is 0. The number of aryl methyl sites for hydroxylation is 1. The largest absolute Gasteiger partial charge is 0.490 e. The summed E-state index contributed by atoms with van der Waals surface area (Å²) in [5.74, 6) is 1.27. The van der Waals surface area contributed by atoms with Gasteiger partial charge in [0.1, 0.15) is 6.04 Å². The van der Waals surface area contributed by atoms with Gasteiger partial charge in [-0.15, -0.1) is 12.4 Å². The highest BCUT2D eigenvalue weighted by Crippen LogP contribution is 2.30. The third-order valence-corrected chi connectivity index (χ3v) is 4.00. The van der Waals surface area contributed by atoms with Gasteiger partial charge in [0.05, 0.1) is 13.2 Å². The van der Waals surface area contributed by atoms with Crippen LogP contribution in [0.25, 0.3) is 0 Å². The van der Waals surface area contributed by atoms with Gasteiger partial charge in [-0.1, -0.05) is 35.9 Å². The molecule has 0 spiro atoms. The number of nitrogens with one attached hydrogen (secondary N) is 1. The third-order valence-electron chi connectivity index (χ3n) is 4.00. The van der Waals surface area contributed by atoms with Gasteiger partial charge in [0, 0.05) is 13.0 Å². The molecule has 0 aliphatic carbocycles. The highest BCUT2D eigenvalue weighted by molar-refractivity contribution is 5.85. The lowest BCUT2D eigenvalue weighted by Gasteiger charge is -2.14. The van der Waals surface area contributed by atoms with Crippen LogP contribution in [0.5, 0.6) is 11.5 Å². The first-order chi connectivity index (χ1) is 11.6. The number of rotatable bonds is 4. The van der Waals surface area contributed by atoms with Crippen LogP contribution in [-0.4, -0.2) is 19.1 Å². The number of carbonyl (C=O) groups is 1. The van der Waals surface area contributed by atoms with Crippen molar-refractivity contribution >= 4 is 18.3 Å². The quantitative estimate of drug-likeness (QED) is 0.877. The van der Waals surface area contributed by atoms with Crippen molar-refractivity contribution < 1.29 is 14.3 Å². The van der Waals surface area contributed by atoms with E-state index in [1.807, 2.05) is 49.4 Å². The van der Waals surface area contributed by atoms with Crippen molar-refractivity contribution in [1.29, 1.82) is 0 Å². The lowest BCUT2D eigenvalue weighted by molar-refractivity contribution is -0.122. The molecule has 134 valence electrons. The topological polar surface area (TPSA) is 73.6 Å². The monoisotopic (exact) mass is 362 g/mol. The van der Waals surface area contributed by atoms with E-state index in [0.29, 0.717) is 19.8 Å². The van der Waals surface area contributed by atoms with Crippen LogP contribution in [-0.2, 0) is 11.3 Å². The van der Waals surface area contributed by atoms with Crippen LogP contribution in [0.1, 0.15) is 29.2 Å². The Hall–Kier alpha value is -2.24. The Balaban J connectivity index is 0.00000225. The van der Waals surface area contributed by atoms with E-state index in [0.717, 1.165) is 34.6 Å². The minimum atomic E-state index is -0.675. The van der Waals surface area contributed by atoms with Crippen molar-refractivity contribution in [3.63, 3.8) is 0 Å². The van der Waals surface area contributed by atoms with Gasteiger partial charge in [0.2, 0.25) is 5.91 Å². The van der Waals surface area contributed by atoms with Crippen LogP contribution < -0.4 is 20.5 Å². The second kappa shape index (κ2) is 8.74. The van der Waals surface area contributed by atoms with E-state index in [4.69, 9.17) is 15.2 Å². The number of carbonyl (C=O) groups excluding carboxylic acids is 1. The van der Waals surface area contributed by atoms with Crippen LogP contribution in [0.2, 0.25) is 0 Å². The summed E-state index contributed by atoms with van der Waals surface area (Å²) in [6.45, 7) is 3.70.